The van der Waals surface area contributed by atoms with Crippen LogP contribution in [-0.4, -0.2) is 17.6 Å². The van der Waals surface area contributed by atoms with E-state index in [1.54, 1.807) is 18.3 Å². The van der Waals surface area contributed by atoms with Crippen LogP contribution in [0.2, 0.25) is 0 Å². The van der Waals surface area contributed by atoms with E-state index in [2.05, 4.69) is 31.0 Å². The zero-order valence-corrected chi connectivity index (χ0v) is 12.2. The molecular formula is C15H17NO2S. The van der Waals surface area contributed by atoms with E-state index in [9.17, 15) is 4.79 Å². The van der Waals surface area contributed by atoms with Gasteiger partial charge in [0.25, 0.3) is 0 Å². The second-order valence-corrected chi connectivity index (χ2v) is 5.25. The fraction of sp³-hybridized carbons (Fsp3) is 0.333. The smallest absolute Gasteiger partial charge is 0.311 e. The van der Waals surface area contributed by atoms with Gasteiger partial charge < -0.3 is 4.74 Å². The Kier molecular flexibility index (Phi) is 4.32. The van der Waals surface area contributed by atoms with Gasteiger partial charge in [-0.1, -0.05) is 18.2 Å². The maximum absolute atomic E-state index is 11.4. The van der Waals surface area contributed by atoms with Crippen LogP contribution in [-0.2, 0) is 16.0 Å². The highest BCUT2D eigenvalue weighted by Crippen LogP contribution is 2.29. The first kappa shape index (κ1) is 13.7. The predicted molar refractivity (Wildman–Crippen MR) is 77.4 cm³/mol. The normalized spacial score (nSPS) is 10.5. The van der Waals surface area contributed by atoms with Crippen molar-refractivity contribution in [3.05, 3.63) is 40.4 Å². The van der Waals surface area contributed by atoms with Crippen LogP contribution in [0.3, 0.4) is 0 Å². The number of aryl methyl sites for hydroxylation is 2. The largest absolute Gasteiger partial charge is 0.466 e. The van der Waals surface area contributed by atoms with E-state index < -0.39 is 0 Å². The fourth-order valence-corrected chi connectivity index (χ4v) is 3.01. The van der Waals surface area contributed by atoms with Crippen molar-refractivity contribution in [2.24, 2.45) is 0 Å². The molecule has 19 heavy (non-hydrogen) atoms. The highest BCUT2D eigenvalue weighted by atomic mass is 32.1. The van der Waals surface area contributed by atoms with Crippen LogP contribution in [0.4, 0.5) is 0 Å². The Morgan fingerprint density at radius 1 is 1.32 bits per heavy atom. The Bertz CT molecular complexity index is 569. The van der Waals surface area contributed by atoms with Crippen LogP contribution in [0.15, 0.2) is 23.6 Å². The Morgan fingerprint density at radius 2 is 2.00 bits per heavy atom. The third-order valence-corrected chi connectivity index (χ3v) is 3.79. The summed E-state index contributed by atoms with van der Waals surface area (Å²) in [6.07, 6.45) is 0.245. The van der Waals surface area contributed by atoms with Gasteiger partial charge in [-0.3, -0.25) is 4.79 Å². The summed E-state index contributed by atoms with van der Waals surface area (Å²) in [5, 5.41) is 2.90. The van der Waals surface area contributed by atoms with Crippen molar-refractivity contribution in [3.63, 3.8) is 0 Å². The summed E-state index contributed by atoms with van der Waals surface area (Å²) in [4.78, 5) is 16.0. The van der Waals surface area contributed by atoms with Crippen molar-refractivity contribution in [3.8, 4) is 10.6 Å². The highest BCUT2D eigenvalue weighted by Gasteiger charge is 2.12. The zero-order valence-electron chi connectivity index (χ0n) is 11.4. The molecule has 0 saturated carbocycles. The molecule has 0 aliphatic rings. The second-order valence-electron chi connectivity index (χ2n) is 4.39. The molecule has 2 rings (SSSR count). The van der Waals surface area contributed by atoms with E-state index in [1.807, 2.05) is 11.4 Å². The first-order valence-corrected chi connectivity index (χ1v) is 7.16. The molecular weight excluding hydrogens is 258 g/mol. The van der Waals surface area contributed by atoms with E-state index in [1.165, 1.54) is 16.7 Å². The first-order chi connectivity index (χ1) is 9.11. The molecule has 0 radical (unpaired) electrons. The Morgan fingerprint density at radius 3 is 2.63 bits per heavy atom. The summed E-state index contributed by atoms with van der Waals surface area (Å²) >= 11 is 1.57. The number of hydrogen-bond donors (Lipinski definition) is 0. The molecule has 1 aromatic carbocycles. The maximum atomic E-state index is 11.4. The number of ether oxygens (including phenoxy) is 1. The zero-order chi connectivity index (χ0) is 13.8. The number of esters is 1. The topological polar surface area (TPSA) is 39.2 Å². The van der Waals surface area contributed by atoms with Crippen molar-refractivity contribution < 1.29 is 9.53 Å². The number of thiazole rings is 1. The van der Waals surface area contributed by atoms with Gasteiger partial charge in [0.2, 0.25) is 0 Å². The number of benzene rings is 1. The molecule has 0 atom stereocenters. The number of carbonyl (C=O) groups excluding carboxylic acids is 1. The molecule has 0 amide bonds. The second kappa shape index (κ2) is 5.97. The molecule has 0 spiro atoms. The summed E-state index contributed by atoms with van der Waals surface area (Å²) in [6, 6.07) is 6.20. The standard InChI is InChI=1S/C15H17NO2S/c1-4-18-13(17)8-12-9-19-15(16-12)14-10(2)6-5-7-11(14)3/h5-7,9H,4,8H2,1-3H3. The maximum Gasteiger partial charge on any atom is 0.311 e. The third kappa shape index (κ3) is 3.20. The lowest BCUT2D eigenvalue weighted by Gasteiger charge is -2.05. The van der Waals surface area contributed by atoms with Crippen molar-refractivity contribution >= 4 is 17.3 Å². The molecule has 2 aromatic rings. The number of rotatable bonds is 4. The first-order valence-electron chi connectivity index (χ1n) is 6.28. The molecule has 0 saturated heterocycles. The minimum atomic E-state index is -0.221. The molecule has 100 valence electrons. The quantitative estimate of drug-likeness (QED) is 0.801. The lowest BCUT2D eigenvalue weighted by atomic mass is 10.0. The van der Waals surface area contributed by atoms with Crippen molar-refractivity contribution in [2.45, 2.75) is 27.2 Å². The molecule has 1 aromatic heterocycles. The van der Waals surface area contributed by atoms with Gasteiger partial charge >= 0.3 is 5.97 Å². The van der Waals surface area contributed by atoms with Crippen LogP contribution >= 0.6 is 11.3 Å². The van der Waals surface area contributed by atoms with Crippen molar-refractivity contribution in [2.75, 3.05) is 6.61 Å². The molecule has 0 bridgehead atoms. The van der Waals surface area contributed by atoms with Gasteiger partial charge in [0.05, 0.1) is 18.7 Å². The number of hydrogen-bond acceptors (Lipinski definition) is 4. The van der Waals surface area contributed by atoms with Gasteiger partial charge in [-0.2, -0.15) is 0 Å². The summed E-state index contributed by atoms with van der Waals surface area (Å²) in [5.41, 5.74) is 4.36. The highest BCUT2D eigenvalue weighted by molar-refractivity contribution is 7.13. The van der Waals surface area contributed by atoms with Crippen molar-refractivity contribution in [1.29, 1.82) is 0 Å². The van der Waals surface area contributed by atoms with E-state index >= 15 is 0 Å². The number of nitrogens with zero attached hydrogens (tertiary/aromatic N) is 1. The lowest BCUT2D eigenvalue weighted by Crippen LogP contribution is -2.07. The van der Waals surface area contributed by atoms with Gasteiger partial charge in [-0.05, 0) is 31.9 Å². The fourth-order valence-electron chi connectivity index (χ4n) is 2.01. The van der Waals surface area contributed by atoms with Gasteiger partial charge in [0.15, 0.2) is 0 Å². The van der Waals surface area contributed by atoms with Crippen molar-refractivity contribution in [1.82, 2.24) is 4.98 Å². The number of aromatic nitrogens is 1. The molecule has 4 heteroatoms. The minimum absolute atomic E-state index is 0.221. The summed E-state index contributed by atoms with van der Waals surface area (Å²) < 4.78 is 4.93. The van der Waals surface area contributed by atoms with Crippen LogP contribution in [0.1, 0.15) is 23.7 Å². The number of carbonyl (C=O) groups is 1. The summed E-state index contributed by atoms with van der Waals surface area (Å²) in [6.45, 7) is 6.37. The molecule has 0 aliphatic carbocycles. The van der Waals surface area contributed by atoms with E-state index in [0.717, 1.165) is 10.7 Å². The minimum Gasteiger partial charge on any atom is -0.466 e. The Balaban J connectivity index is 2.24. The van der Waals surface area contributed by atoms with E-state index in [0.29, 0.717) is 6.61 Å². The lowest BCUT2D eigenvalue weighted by molar-refractivity contribution is -0.142. The van der Waals surface area contributed by atoms with Crippen LogP contribution in [0.5, 0.6) is 0 Å². The van der Waals surface area contributed by atoms with Crippen LogP contribution in [0, 0.1) is 13.8 Å². The van der Waals surface area contributed by atoms with Crippen LogP contribution in [0.25, 0.3) is 10.6 Å². The Labute approximate surface area is 117 Å². The Hall–Kier alpha value is -1.68. The SMILES string of the molecule is CCOC(=O)Cc1csc(-c2c(C)cccc2C)n1. The third-order valence-electron chi connectivity index (χ3n) is 2.88. The summed E-state index contributed by atoms with van der Waals surface area (Å²) in [7, 11) is 0. The summed E-state index contributed by atoms with van der Waals surface area (Å²) in [5.74, 6) is -0.221. The van der Waals surface area contributed by atoms with Gasteiger partial charge in [-0.25, -0.2) is 4.98 Å². The average molecular weight is 275 g/mol. The predicted octanol–water partition coefficient (Wildman–Crippen LogP) is 3.53. The molecule has 0 unspecified atom stereocenters. The molecule has 3 nitrogen and oxygen atoms in total. The van der Waals surface area contributed by atoms with E-state index in [-0.39, 0.29) is 12.4 Å². The average Bonchev–Trinajstić information content (AvgIpc) is 2.77. The molecule has 1 heterocycles. The van der Waals surface area contributed by atoms with Gasteiger partial charge in [0, 0.05) is 10.9 Å². The van der Waals surface area contributed by atoms with Gasteiger partial charge in [-0.15, -0.1) is 11.3 Å². The van der Waals surface area contributed by atoms with Crippen LogP contribution < -0.4 is 0 Å². The molecule has 0 fully saturated rings. The molecule has 0 aliphatic heterocycles. The molecule has 0 N–H and O–H groups in total. The monoisotopic (exact) mass is 275 g/mol. The van der Waals surface area contributed by atoms with Gasteiger partial charge in [0.1, 0.15) is 5.01 Å². The van der Waals surface area contributed by atoms with E-state index in [4.69, 9.17) is 4.74 Å².